The molecule has 0 fully saturated rings. The summed E-state index contributed by atoms with van der Waals surface area (Å²) in [6, 6.07) is 1.73. The fraction of sp³-hybridized carbons (Fsp3) is 0.714. The molecule has 1 aromatic heterocycles. The first-order valence-electron chi connectivity index (χ1n) is 6.77. The van der Waals surface area contributed by atoms with E-state index in [0.717, 1.165) is 18.5 Å². The van der Waals surface area contributed by atoms with E-state index in [1.165, 1.54) is 44.9 Å². The number of nitrogens with zero attached hydrogens (tertiary/aromatic N) is 1. The predicted octanol–water partition coefficient (Wildman–Crippen LogP) is 4.17. The maximum absolute atomic E-state index is 10.4. The van der Waals surface area contributed by atoms with Crippen LogP contribution < -0.4 is 0 Å². The maximum atomic E-state index is 10.4. The molecule has 1 heterocycles. The van der Waals surface area contributed by atoms with Crippen molar-refractivity contribution in [1.29, 1.82) is 0 Å². The van der Waals surface area contributed by atoms with Gasteiger partial charge in [-0.3, -0.25) is 4.79 Å². The van der Waals surface area contributed by atoms with E-state index in [1.54, 1.807) is 6.07 Å². The van der Waals surface area contributed by atoms with Crippen LogP contribution in [0.2, 0.25) is 0 Å². The molecule has 0 aromatic carbocycles. The first-order valence-corrected chi connectivity index (χ1v) is 6.77. The molecule has 0 bridgehead atoms. The van der Waals surface area contributed by atoms with Crippen LogP contribution in [-0.2, 0) is 6.42 Å². The minimum Gasteiger partial charge on any atom is -0.353 e. The molecule has 0 spiro atoms. The van der Waals surface area contributed by atoms with Crippen LogP contribution in [-0.4, -0.2) is 11.4 Å². The number of rotatable bonds is 10. The standard InChI is InChI=1S/C14H23NO2/c1-2-3-4-5-6-7-8-9-10-13-11-14(12-16)17-15-13/h11-12H,2-10H2,1H3. The molecule has 0 N–H and O–H groups in total. The molecular weight excluding hydrogens is 214 g/mol. The zero-order chi connectivity index (χ0) is 12.3. The number of aldehydes is 1. The summed E-state index contributed by atoms with van der Waals surface area (Å²) in [5.74, 6) is 0.333. The third-order valence-corrected chi connectivity index (χ3v) is 2.98. The molecule has 0 amide bonds. The van der Waals surface area contributed by atoms with Gasteiger partial charge < -0.3 is 4.52 Å². The second-order valence-corrected chi connectivity index (χ2v) is 4.56. The summed E-state index contributed by atoms with van der Waals surface area (Å²) in [5.41, 5.74) is 0.901. The number of carbonyl (C=O) groups excluding carboxylic acids is 1. The van der Waals surface area contributed by atoms with Gasteiger partial charge in [-0.25, -0.2) is 0 Å². The van der Waals surface area contributed by atoms with Gasteiger partial charge in [0.25, 0.3) is 0 Å². The molecule has 0 aliphatic rings. The molecule has 0 radical (unpaired) electrons. The van der Waals surface area contributed by atoms with Gasteiger partial charge in [0.2, 0.25) is 0 Å². The lowest BCUT2D eigenvalue weighted by molar-refractivity contribution is 0.109. The molecule has 0 unspecified atom stereocenters. The van der Waals surface area contributed by atoms with E-state index in [0.29, 0.717) is 12.0 Å². The van der Waals surface area contributed by atoms with Crippen molar-refractivity contribution in [3.63, 3.8) is 0 Å². The Hall–Kier alpha value is -1.12. The quantitative estimate of drug-likeness (QED) is 0.453. The van der Waals surface area contributed by atoms with Crippen molar-refractivity contribution in [2.24, 2.45) is 0 Å². The summed E-state index contributed by atoms with van der Waals surface area (Å²) in [7, 11) is 0. The van der Waals surface area contributed by atoms with Gasteiger partial charge in [0.1, 0.15) is 0 Å². The molecule has 0 saturated carbocycles. The Morgan fingerprint density at radius 1 is 1.12 bits per heavy atom. The number of hydrogen-bond acceptors (Lipinski definition) is 3. The molecule has 1 aromatic rings. The first kappa shape index (κ1) is 13.9. The van der Waals surface area contributed by atoms with E-state index >= 15 is 0 Å². The summed E-state index contributed by atoms with van der Waals surface area (Å²) in [6.45, 7) is 2.24. The smallest absolute Gasteiger partial charge is 0.199 e. The van der Waals surface area contributed by atoms with E-state index in [1.807, 2.05) is 0 Å². The zero-order valence-electron chi connectivity index (χ0n) is 10.8. The van der Waals surface area contributed by atoms with Gasteiger partial charge >= 0.3 is 0 Å². The van der Waals surface area contributed by atoms with Gasteiger partial charge in [-0.1, -0.05) is 57.0 Å². The fourth-order valence-corrected chi connectivity index (χ4v) is 1.94. The Labute approximate surface area is 104 Å². The number of carbonyl (C=O) groups is 1. The molecular formula is C14H23NO2. The van der Waals surface area contributed by atoms with Crippen LogP contribution in [0.1, 0.15) is 74.5 Å². The molecule has 17 heavy (non-hydrogen) atoms. The highest BCUT2D eigenvalue weighted by atomic mass is 16.5. The molecule has 3 heteroatoms. The van der Waals surface area contributed by atoms with Crippen molar-refractivity contribution in [2.45, 2.75) is 64.7 Å². The molecule has 0 aliphatic carbocycles. The summed E-state index contributed by atoms with van der Waals surface area (Å²) in [5, 5.41) is 3.84. The number of hydrogen-bond donors (Lipinski definition) is 0. The van der Waals surface area contributed by atoms with E-state index in [9.17, 15) is 4.79 Å². The van der Waals surface area contributed by atoms with E-state index in [-0.39, 0.29) is 0 Å². The van der Waals surface area contributed by atoms with Gasteiger partial charge in [-0.05, 0) is 12.8 Å². The van der Waals surface area contributed by atoms with Gasteiger partial charge in [0.15, 0.2) is 12.0 Å². The second kappa shape index (κ2) is 8.97. The Morgan fingerprint density at radius 3 is 2.35 bits per heavy atom. The second-order valence-electron chi connectivity index (χ2n) is 4.56. The highest BCUT2D eigenvalue weighted by molar-refractivity contribution is 5.70. The number of aryl methyl sites for hydroxylation is 1. The monoisotopic (exact) mass is 237 g/mol. The van der Waals surface area contributed by atoms with Crippen LogP contribution in [0.15, 0.2) is 10.6 Å². The van der Waals surface area contributed by atoms with Crippen molar-refractivity contribution < 1.29 is 9.32 Å². The number of unbranched alkanes of at least 4 members (excludes halogenated alkanes) is 7. The average Bonchev–Trinajstić information content (AvgIpc) is 2.80. The number of aromatic nitrogens is 1. The molecule has 1 rings (SSSR count). The summed E-state index contributed by atoms with van der Waals surface area (Å²) < 4.78 is 4.82. The third kappa shape index (κ3) is 6.25. The average molecular weight is 237 g/mol. The zero-order valence-corrected chi connectivity index (χ0v) is 10.8. The van der Waals surface area contributed by atoms with Gasteiger partial charge in [-0.2, -0.15) is 0 Å². The summed E-state index contributed by atoms with van der Waals surface area (Å²) in [6.07, 6.45) is 12.1. The van der Waals surface area contributed by atoms with E-state index in [2.05, 4.69) is 12.1 Å². The van der Waals surface area contributed by atoms with Crippen LogP contribution in [0.25, 0.3) is 0 Å². The van der Waals surface area contributed by atoms with E-state index in [4.69, 9.17) is 4.52 Å². The SMILES string of the molecule is CCCCCCCCCCc1cc(C=O)on1. The van der Waals surface area contributed by atoms with Gasteiger partial charge in [0, 0.05) is 6.07 Å². The Balaban J connectivity index is 1.95. The highest BCUT2D eigenvalue weighted by Crippen LogP contribution is 2.11. The maximum Gasteiger partial charge on any atom is 0.199 e. The molecule has 0 aliphatic heterocycles. The molecule has 3 nitrogen and oxygen atoms in total. The normalized spacial score (nSPS) is 10.6. The van der Waals surface area contributed by atoms with Crippen LogP contribution in [0.5, 0.6) is 0 Å². The van der Waals surface area contributed by atoms with Crippen molar-refractivity contribution in [3.05, 3.63) is 17.5 Å². The van der Waals surface area contributed by atoms with Crippen molar-refractivity contribution in [3.8, 4) is 0 Å². The first-order chi connectivity index (χ1) is 8.36. The van der Waals surface area contributed by atoms with Crippen LogP contribution in [0.4, 0.5) is 0 Å². The van der Waals surface area contributed by atoms with Gasteiger partial charge in [-0.15, -0.1) is 0 Å². The van der Waals surface area contributed by atoms with Crippen LogP contribution in [0.3, 0.4) is 0 Å². The molecule has 0 saturated heterocycles. The lowest BCUT2D eigenvalue weighted by Crippen LogP contribution is -1.86. The van der Waals surface area contributed by atoms with Crippen molar-refractivity contribution >= 4 is 6.29 Å². The minimum absolute atomic E-state index is 0.333. The summed E-state index contributed by atoms with van der Waals surface area (Å²) >= 11 is 0. The minimum atomic E-state index is 0.333. The third-order valence-electron chi connectivity index (χ3n) is 2.98. The lowest BCUT2D eigenvalue weighted by Gasteiger charge is -2.00. The van der Waals surface area contributed by atoms with Crippen LogP contribution in [0, 0.1) is 0 Å². The predicted molar refractivity (Wildman–Crippen MR) is 68.2 cm³/mol. The highest BCUT2D eigenvalue weighted by Gasteiger charge is 2.02. The summed E-state index contributed by atoms with van der Waals surface area (Å²) in [4.78, 5) is 10.4. The molecule has 96 valence electrons. The molecule has 0 atom stereocenters. The van der Waals surface area contributed by atoms with Crippen molar-refractivity contribution in [2.75, 3.05) is 0 Å². The van der Waals surface area contributed by atoms with Crippen LogP contribution >= 0.6 is 0 Å². The Morgan fingerprint density at radius 2 is 1.76 bits per heavy atom. The topological polar surface area (TPSA) is 43.1 Å². The lowest BCUT2D eigenvalue weighted by atomic mass is 10.1. The van der Waals surface area contributed by atoms with Crippen molar-refractivity contribution in [1.82, 2.24) is 5.16 Å². The van der Waals surface area contributed by atoms with E-state index < -0.39 is 0 Å². The fourth-order valence-electron chi connectivity index (χ4n) is 1.94. The largest absolute Gasteiger partial charge is 0.353 e. The Kier molecular flexibility index (Phi) is 7.35. The Bertz CT molecular complexity index is 307. The van der Waals surface area contributed by atoms with Gasteiger partial charge in [0.05, 0.1) is 5.69 Å².